The zero-order valence-electron chi connectivity index (χ0n) is 6.98. The fourth-order valence-corrected chi connectivity index (χ4v) is 2.26. The molecule has 2 aliphatic rings. The van der Waals surface area contributed by atoms with Gasteiger partial charge in [-0.3, -0.25) is 0 Å². The summed E-state index contributed by atoms with van der Waals surface area (Å²) in [4.78, 5) is 0. The molecule has 0 radical (unpaired) electrons. The Morgan fingerprint density at radius 3 is 2.70 bits per heavy atom. The van der Waals surface area contributed by atoms with Crippen LogP contribution >= 0.6 is 0 Å². The van der Waals surface area contributed by atoms with Crippen LogP contribution in [0.4, 0.5) is 0 Å². The molecule has 0 bridgehead atoms. The van der Waals surface area contributed by atoms with Gasteiger partial charge in [-0.15, -0.1) is 0 Å². The van der Waals surface area contributed by atoms with Crippen LogP contribution in [0.25, 0.3) is 0 Å². The zero-order valence-corrected chi connectivity index (χ0v) is 6.98. The number of allylic oxidation sites excluding steroid dienone is 2. The highest BCUT2D eigenvalue weighted by atomic mass is 14.5. The van der Waals surface area contributed by atoms with E-state index in [-0.39, 0.29) is 0 Å². The highest BCUT2D eigenvalue weighted by Crippen LogP contribution is 2.59. The van der Waals surface area contributed by atoms with Crippen molar-refractivity contribution in [3.8, 4) is 0 Å². The summed E-state index contributed by atoms with van der Waals surface area (Å²) in [6.45, 7) is 4.70. The summed E-state index contributed by atoms with van der Waals surface area (Å²) >= 11 is 0. The Hall–Kier alpha value is -0.260. The number of rotatable bonds is 0. The summed E-state index contributed by atoms with van der Waals surface area (Å²) in [6, 6.07) is 0. The first-order valence-corrected chi connectivity index (χ1v) is 4.39. The summed E-state index contributed by atoms with van der Waals surface area (Å²) in [5.41, 5.74) is 2.43. The molecule has 0 aromatic rings. The Morgan fingerprint density at radius 1 is 1.50 bits per heavy atom. The quantitative estimate of drug-likeness (QED) is 0.449. The van der Waals surface area contributed by atoms with Crippen molar-refractivity contribution in [2.75, 3.05) is 0 Å². The fraction of sp³-hybridized carbons (Fsp3) is 0.800. The van der Waals surface area contributed by atoms with E-state index >= 15 is 0 Å². The fourth-order valence-electron chi connectivity index (χ4n) is 2.26. The molecule has 0 aromatic heterocycles. The maximum absolute atomic E-state index is 2.42. The van der Waals surface area contributed by atoms with Crippen LogP contribution in [0.2, 0.25) is 0 Å². The maximum atomic E-state index is 2.42. The second-order valence-corrected chi connectivity index (χ2v) is 4.23. The molecule has 0 saturated heterocycles. The lowest BCUT2D eigenvalue weighted by Crippen LogP contribution is -2.16. The molecule has 0 amide bonds. The van der Waals surface area contributed by atoms with Gasteiger partial charge in [0.05, 0.1) is 0 Å². The number of hydrogen-bond acceptors (Lipinski definition) is 0. The average molecular weight is 136 g/mol. The first-order valence-electron chi connectivity index (χ1n) is 4.39. The molecule has 2 rings (SSSR count). The van der Waals surface area contributed by atoms with Crippen molar-refractivity contribution in [1.29, 1.82) is 0 Å². The monoisotopic (exact) mass is 136 g/mol. The molecule has 56 valence electrons. The van der Waals surface area contributed by atoms with E-state index in [0.29, 0.717) is 0 Å². The summed E-state index contributed by atoms with van der Waals surface area (Å²) in [6.07, 6.45) is 8.16. The lowest BCUT2D eigenvalue weighted by Gasteiger charge is -2.27. The van der Waals surface area contributed by atoms with Gasteiger partial charge in [-0.1, -0.05) is 18.6 Å². The van der Waals surface area contributed by atoms with E-state index in [0.717, 1.165) is 11.3 Å². The predicted molar refractivity (Wildman–Crippen MR) is 43.8 cm³/mol. The first kappa shape index (κ1) is 6.45. The Bertz CT molecular complexity index is 172. The van der Waals surface area contributed by atoms with E-state index in [1.54, 1.807) is 5.57 Å². The Morgan fingerprint density at radius 2 is 2.20 bits per heavy atom. The van der Waals surface area contributed by atoms with E-state index in [9.17, 15) is 0 Å². The van der Waals surface area contributed by atoms with E-state index < -0.39 is 0 Å². The zero-order chi connectivity index (χ0) is 7.19. The van der Waals surface area contributed by atoms with Gasteiger partial charge in [0.15, 0.2) is 0 Å². The van der Waals surface area contributed by atoms with Crippen molar-refractivity contribution >= 4 is 0 Å². The van der Waals surface area contributed by atoms with Crippen molar-refractivity contribution < 1.29 is 0 Å². The molecule has 2 aliphatic carbocycles. The molecule has 0 aliphatic heterocycles. The molecular weight excluding hydrogens is 120 g/mol. The van der Waals surface area contributed by atoms with E-state index in [1.807, 2.05) is 0 Å². The molecule has 1 spiro atoms. The van der Waals surface area contributed by atoms with Crippen molar-refractivity contribution in [2.24, 2.45) is 11.3 Å². The Labute approximate surface area is 63.3 Å². The van der Waals surface area contributed by atoms with Crippen LogP contribution in [-0.2, 0) is 0 Å². The lowest BCUT2D eigenvalue weighted by molar-refractivity contribution is 0.315. The van der Waals surface area contributed by atoms with Crippen LogP contribution in [0.1, 0.15) is 39.5 Å². The van der Waals surface area contributed by atoms with Crippen molar-refractivity contribution in [2.45, 2.75) is 39.5 Å². The minimum Gasteiger partial charge on any atom is -0.0853 e. The molecule has 0 heteroatoms. The first-order chi connectivity index (χ1) is 4.73. The SMILES string of the molecule is CC1=CC[C@H](C)C2(CC2)C1. The molecule has 0 heterocycles. The molecular formula is C10H16. The second kappa shape index (κ2) is 1.87. The summed E-state index contributed by atoms with van der Waals surface area (Å²) in [5, 5.41) is 0. The predicted octanol–water partition coefficient (Wildman–Crippen LogP) is 3.14. The maximum Gasteiger partial charge on any atom is -0.0231 e. The van der Waals surface area contributed by atoms with Crippen LogP contribution in [0.5, 0.6) is 0 Å². The lowest BCUT2D eigenvalue weighted by atomic mass is 9.78. The third kappa shape index (κ3) is 0.817. The smallest absolute Gasteiger partial charge is 0.0231 e. The van der Waals surface area contributed by atoms with Crippen molar-refractivity contribution in [3.05, 3.63) is 11.6 Å². The molecule has 0 nitrogen and oxygen atoms in total. The topological polar surface area (TPSA) is 0 Å². The molecule has 1 atom stereocenters. The van der Waals surface area contributed by atoms with Crippen LogP contribution in [0, 0.1) is 11.3 Å². The van der Waals surface area contributed by atoms with E-state index in [2.05, 4.69) is 19.9 Å². The highest BCUT2D eigenvalue weighted by Gasteiger charge is 2.47. The molecule has 1 fully saturated rings. The average Bonchev–Trinajstić information content (AvgIpc) is 2.62. The molecule has 0 aromatic carbocycles. The Balaban J connectivity index is 2.16. The van der Waals surface area contributed by atoms with Crippen LogP contribution in [-0.4, -0.2) is 0 Å². The standard InChI is InChI=1S/C10H16/c1-8-3-4-9(2)10(7-8)5-6-10/h3,9H,4-7H2,1-2H3/t9-/m0/s1. The van der Waals surface area contributed by atoms with E-state index in [1.165, 1.54) is 25.7 Å². The van der Waals surface area contributed by atoms with Crippen LogP contribution in [0.15, 0.2) is 11.6 Å². The molecule has 0 unspecified atom stereocenters. The van der Waals surface area contributed by atoms with Gasteiger partial charge in [-0.25, -0.2) is 0 Å². The van der Waals surface area contributed by atoms with Gasteiger partial charge < -0.3 is 0 Å². The van der Waals surface area contributed by atoms with Gasteiger partial charge in [0.25, 0.3) is 0 Å². The van der Waals surface area contributed by atoms with Gasteiger partial charge in [-0.05, 0) is 43.9 Å². The van der Waals surface area contributed by atoms with Gasteiger partial charge >= 0.3 is 0 Å². The molecule has 1 saturated carbocycles. The largest absolute Gasteiger partial charge is 0.0853 e. The van der Waals surface area contributed by atoms with Crippen molar-refractivity contribution in [3.63, 3.8) is 0 Å². The number of hydrogen-bond donors (Lipinski definition) is 0. The van der Waals surface area contributed by atoms with Gasteiger partial charge in [0.1, 0.15) is 0 Å². The minimum atomic E-state index is 0.791. The Kier molecular flexibility index (Phi) is 1.21. The molecule has 0 N–H and O–H groups in total. The second-order valence-electron chi connectivity index (χ2n) is 4.23. The van der Waals surface area contributed by atoms with Crippen molar-refractivity contribution in [1.82, 2.24) is 0 Å². The van der Waals surface area contributed by atoms with Crippen LogP contribution in [0.3, 0.4) is 0 Å². The van der Waals surface area contributed by atoms with Gasteiger partial charge in [-0.2, -0.15) is 0 Å². The minimum absolute atomic E-state index is 0.791. The normalized spacial score (nSPS) is 35.8. The highest BCUT2D eigenvalue weighted by molar-refractivity contribution is 5.14. The summed E-state index contributed by atoms with van der Waals surface area (Å²) in [7, 11) is 0. The summed E-state index contributed by atoms with van der Waals surface area (Å²) in [5.74, 6) is 0.969. The third-order valence-electron chi connectivity index (χ3n) is 3.39. The summed E-state index contributed by atoms with van der Waals surface area (Å²) < 4.78 is 0. The van der Waals surface area contributed by atoms with Gasteiger partial charge in [0, 0.05) is 0 Å². The van der Waals surface area contributed by atoms with Crippen LogP contribution < -0.4 is 0 Å². The van der Waals surface area contributed by atoms with E-state index in [4.69, 9.17) is 0 Å². The van der Waals surface area contributed by atoms with Gasteiger partial charge in [0.2, 0.25) is 0 Å². The molecule has 10 heavy (non-hydrogen) atoms. The third-order valence-corrected chi connectivity index (χ3v) is 3.39.